The molecule has 0 aliphatic carbocycles. The number of nitrogens with zero attached hydrogens (tertiary/aromatic N) is 4. The van der Waals surface area contributed by atoms with Gasteiger partial charge >= 0.3 is 0 Å². The van der Waals surface area contributed by atoms with E-state index in [9.17, 15) is 0 Å². The summed E-state index contributed by atoms with van der Waals surface area (Å²) in [5, 5.41) is 1.78. The van der Waals surface area contributed by atoms with Crippen molar-refractivity contribution >= 4 is 22.7 Å². The van der Waals surface area contributed by atoms with Gasteiger partial charge in [-0.05, 0) is 35.2 Å². The van der Waals surface area contributed by atoms with Crippen LogP contribution in [0.15, 0.2) is 55.2 Å². The van der Waals surface area contributed by atoms with Crippen LogP contribution in [0.4, 0.5) is 5.82 Å². The van der Waals surface area contributed by atoms with Crippen LogP contribution in [-0.4, -0.2) is 14.5 Å². The number of pyridine rings is 1. The molecule has 6 heteroatoms. The molecule has 3 aromatic rings. The van der Waals surface area contributed by atoms with Crippen molar-refractivity contribution in [2.45, 2.75) is 26.2 Å². The first-order valence-corrected chi connectivity index (χ1v) is 7.85. The van der Waals surface area contributed by atoms with Gasteiger partial charge in [-0.3, -0.25) is 4.57 Å². The average Bonchev–Trinajstić information content (AvgIpc) is 3.20. The van der Waals surface area contributed by atoms with E-state index in [2.05, 4.69) is 54.5 Å². The Morgan fingerprint density at radius 3 is 2.71 bits per heavy atom. The lowest BCUT2D eigenvalue weighted by atomic mass is 9.87. The summed E-state index contributed by atoms with van der Waals surface area (Å²) in [6.07, 6.45) is 5.19. The zero-order chi connectivity index (χ0) is 16.7. The molecular formula is C18H19N5O. The van der Waals surface area contributed by atoms with Crippen molar-refractivity contribution in [2.24, 2.45) is 0 Å². The van der Waals surface area contributed by atoms with Crippen LogP contribution in [0.2, 0.25) is 0 Å². The summed E-state index contributed by atoms with van der Waals surface area (Å²) in [5.41, 5.74) is 6.17. The zero-order valence-electron chi connectivity index (χ0n) is 13.9. The fourth-order valence-corrected chi connectivity index (χ4v) is 2.71. The molecule has 6 nitrogen and oxygen atoms in total. The Labute approximate surface area is 140 Å². The van der Waals surface area contributed by atoms with Gasteiger partial charge in [0.15, 0.2) is 17.9 Å². The minimum absolute atomic E-state index is 0.0925. The van der Waals surface area contributed by atoms with E-state index in [0.29, 0.717) is 0 Å². The molecule has 4 rings (SSSR count). The van der Waals surface area contributed by atoms with Crippen molar-refractivity contribution in [3.63, 3.8) is 0 Å². The van der Waals surface area contributed by atoms with E-state index in [4.69, 9.17) is 4.84 Å². The minimum atomic E-state index is 0.0925. The molecule has 0 saturated carbocycles. The minimum Gasteiger partial charge on any atom is -0.392 e. The number of benzene rings is 1. The first kappa shape index (κ1) is 14.7. The molecule has 24 heavy (non-hydrogen) atoms. The molecule has 0 radical (unpaired) electrons. The second-order valence-electron chi connectivity index (χ2n) is 6.78. The van der Waals surface area contributed by atoms with Crippen molar-refractivity contribution in [1.82, 2.24) is 20.1 Å². The van der Waals surface area contributed by atoms with Crippen LogP contribution in [-0.2, 0) is 10.3 Å². The molecule has 0 bridgehead atoms. The molecule has 1 N–H and O–H groups in total. The SMILES string of the molecule is CC(C)(C)c1ccc2c(c1)ncn2C1=CONN1c1ccccn1. The van der Waals surface area contributed by atoms with E-state index >= 15 is 0 Å². The lowest BCUT2D eigenvalue weighted by Crippen LogP contribution is -2.32. The Morgan fingerprint density at radius 1 is 1.08 bits per heavy atom. The van der Waals surface area contributed by atoms with Gasteiger partial charge < -0.3 is 4.84 Å². The number of fused-ring (bicyclic) bond motifs is 1. The van der Waals surface area contributed by atoms with Gasteiger partial charge in [-0.25, -0.2) is 15.0 Å². The number of imidazole rings is 1. The van der Waals surface area contributed by atoms with Crippen LogP contribution in [0.1, 0.15) is 26.3 Å². The Morgan fingerprint density at radius 2 is 1.96 bits per heavy atom. The lowest BCUT2D eigenvalue weighted by Gasteiger charge is -2.20. The van der Waals surface area contributed by atoms with E-state index in [1.54, 1.807) is 23.8 Å². The van der Waals surface area contributed by atoms with Crippen molar-refractivity contribution in [3.05, 3.63) is 60.7 Å². The normalized spacial score (nSPS) is 14.8. The highest BCUT2D eigenvalue weighted by atomic mass is 16.7. The number of anilines is 1. The Balaban J connectivity index is 1.77. The highest BCUT2D eigenvalue weighted by Crippen LogP contribution is 2.29. The topological polar surface area (TPSA) is 55.2 Å². The van der Waals surface area contributed by atoms with Gasteiger partial charge in [-0.2, -0.15) is 0 Å². The summed E-state index contributed by atoms with van der Waals surface area (Å²) >= 11 is 0. The average molecular weight is 321 g/mol. The fourth-order valence-electron chi connectivity index (χ4n) is 2.71. The van der Waals surface area contributed by atoms with Gasteiger partial charge in [-0.15, -0.1) is 0 Å². The third-order valence-electron chi connectivity index (χ3n) is 4.08. The predicted molar refractivity (Wildman–Crippen MR) is 93.6 cm³/mol. The zero-order valence-corrected chi connectivity index (χ0v) is 13.9. The molecule has 0 spiro atoms. The molecule has 0 fully saturated rings. The number of hydrogen-bond acceptors (Lipinski definition) is 5. The van der Waals surface area contributed by atoms with Crippen LogP contribution in [0.5, 0.6) is 0 Å². The Kier molecular flexibility index (Phi) is 3.28. The predicted octanol–water partition coefficient (Wildman–Crippen LogP) is 3.44. The molecule has 3 heterocycles. The molecule has 1 aliphatic heterocycles. The van der Waals surface area contributed by atoms with Gasteiger partial charge in [-0.1, -0.05) is 38.5 Å². The molecule has 122 valence electrons. The standard InChI is InChI=1S/C18H19N5O/c1-18(2,3)13-7-8-15-14(10-13)20-12-22(15)17-11-24-21-23(17)16-6-4-5-9-19-16/h4-12,21H,1-3H3. The number of rotatable bonds is 2. The van der Waals surface area contributed by atoms with Gasteiger partial charge in [0, 0.05) is 6.20 Å². The summed E-state index contributed by atoms with van der Waals surface area (Å²) < 4.78 is 1.98. The second kappa shape index (κ2) is 5.35. The monoisotopic (exact) mass is 321 g/mol. The van der Waals surface area contributed by atoms with Crippen LogP contribution in [0, 0.1) is 0 Å². The largest absolute Gasteiger partial charge is 0.392 e. The van der Waals surface area contributed by atoms with Crippen LogP contribution < -0.4 is 10.6 Å². The molecule has 1 aromatic carbocycles. The second-order valence-corrected chi connectivity index (χ2v) is 6.78. The maximum Gasteiger partial charge on any atom is 0.176 e. The maximum absolute atomic E-state index is 5.30. The molecule has 2 aromatic heterocycles. The van der Waals surface area contributed by atoms with E-state index in [-0.39, 0.29) is 5.41 Å². The quantitative estimate of drug-likeness (QED) is 0.783. The highest BCUT2D eigenvalue weighted by molar-refractivity contribution is 5.82. The lowest BCUT2D eigenvalue weighted by molar-refractivity contribution is 0.158. The summed E-state index contributed by atoms with van der Waals surface area (Å²) in [5.74, 6) is 1.55. The highest BCUT2D eigenvalue weighted by Gasteiger charge is 2.23. The number of hydrogen-bond donors (Lipinski definition) is 1. The third-order valence-corrected chi connectivity index (χ3v) is 4.08. The van der Waals surface area contributed by atoms with Crippen LogP contribution in [0.25, 0.3) is 16.9 Å². The van der Waals surface area contributed by atoms with Gasteiger partial charge in [0.2, 0.25) is 0 Å². The van der Waals surface area contributed by atoms with E-state index in [0.717, 1.165) is 22.7 Å². The third kappa shape index (κ3) is 2.41. The number of aromatic nitrogens is 3. The Bertz CT molecular complexity index is 908. The first-order chi connectivity index (χ1) is 11.5. The summed E-state index contributed by atoms with van der Waals surface area (Å²) in [4.78, 5) is 14.2. The van der Waals surface area contributed by atoms with Crippen LogP contribution in [0.3, 0.4) is 0 Å². The molecule has 0 atom stereocenters. The molecular weight excluding hydrogens is 302 g/mol. The van der Waals surface area contributed by atoms with E-state index in [1.165, 1.54) is 5.56 Å². The summed E-state index contributed by atoms with van der Waals surface area (Å²) in [6.45, 7) is 6.60. The summed E-state index contributed by atoms with van der Waals surface area (Å²) in [6, 6.07) is 12.1. The van der Waals surface area contributed by atoms with Gasteiger partial charge in [0.25, 0.3) is 0 Å². The smallest absolute Gasteiger partial charge is 0.176 e. The maximum atomic E-state index is 5.30. The van der Waals surface area contributed by atoms with Crippen LogP contribution >= 0.6 is 0 Å². The van der Waals surface area contributed by atoms with E-state index in [1.807, 2.05) is 22.8 Å². The molecule has 0 saturated heterocycles. The van der Waals surface area contributed by atoms with Crippen molar-refractivity contribution in [2.75, 3.05) is 5.01 Å². The number of hydrazine groups is 1. The van der Waals surface area contributed by atoms with Crippen molar-refractivity contribution in [1.29, 1.82) is 0 Å². The van der Waals surface area contributed by atoms with Gasteiger partial charge in [0.1, 0.15) is 6.33 Å². The van der Waals surface area contributed by atoms with E-state index < -0.39 is 0 Å². The van der Waals surface area contributed by atoms with Crippen molar-refractivity contribution < 1.29 is 4.84 Å². The molecule has 0 amide bonds. The Hall–Kier alpha value is -2.86. The van der Waals surface area contributed by atoms with Crippen molar-refractivity contribution in [3.8, 4) is 0 Å². The molecule has 1 aliphatic rings. The first-order valence-electron chi connectivity index (χ1n) is 7.85. The van der Waals surface area contributed by atoms with Gasteiger partial charge in [0.05, 0.1) is 11.0 Å². The fraction of sp³-hybridized carbons (Fsp3) is 0.222. The molecule has 0 unspecified atom stereocenters. The summed E-state index contributed by atoms with van der Waals surface area (Å²) in [7, 11) is 0. The number of nitrogens with one attached hydrogen (secondary N) is 1.